The highest BCUT2D eigenvalue weighted by Gasteiger charge is 2.21. The average molecular weight is 544 g/mol. The molecule has 34 heavy (non-hydrogen) atoms. The summed E-state index contributed by atoms with van der Waals surface area (Å²) in [6, 6.07) is -2.15. The molecule has 2 amide bonds. The third-order valence-corrected chi connectivity index (χ3v) is 6.24. The predicted octanol–water partition coefficient (Wildman–Crippen LogP) is -1.31. The summed E-state index contributed by atoms with van der Waals surface area (Å²) in [6.45, 7) is 0.457. The van der Waals surface area contributed by atoms with Gasteiger partial charge in [-0.15, -0.1) is 0 Å². The number of nitrogens with one attached hydrogen (secondary N) is 2. The molecule has 2 atom stereocenters. The zero-order valence-corrected chi connectivity index (χ0v) is 21.1. The molecule has 0 radical (unpaired) electrons. The Balaban J connectivity index is 0. The Morgan fingerprint density at radius 2 is 1.38 bits per heavy atom. The van der Waals surface area contributed by atoms with Crippen molar-refractivity contribution in [2.45, 2.75) is 50.6 Å². The van der Waals surface area contributed by atoms with Gasteiger partial charge in [0, 0.05) is 25.0 Å². The van der Waals surface area contributed by atoms with Gasteiger partial charge in [-0.1, -0.05) is 0 Å². The number of carbonyl (C=O) groups excluding carboxylic acids is 4. The van der Waals surface area contributed by atoms with Gasteiger partial charge in [0.1, 0.15) is 18.6 Å². The molecule has 0 heterocycles. The summed E-state index contributed by atoms with van der Waals surface area (Å²) in [4.78, 5) is 65.9. The molecule has 0 aromatic carbocycles. The van der Waals surface area contributed by atoms with Crippen LogP contribution in [0.1, 0.15) is 38.5 Å². The highest BCUT2D eigenvalue weighted by atomic mass is 33.1. The van der Waals surface area contributed by atoms with Gasteiger partial charge in [-0.05, 0) is 53.9 Å². The van der Waals surface area contributed by atoms with Crippen molar-refractivity contribution in [3.05, 3.63) is 0 Å². The standard InChI is InChI=1S/C10H17N3O6S.C8H16N2O2S2/c11-5(10(18)19)1-2-7(14)13-6(4-20)9(17)12-3-8(15)16;9-5-1-3-7(11)13-14-8(12)4-2-6-10/h5-6,20H,1-4,11H2,(H,12,17)(H,13,14)(H,15,16)(H,18,19);1-6,9-10H2/t5-,6-;/m0./s1. The first-order valence-corrected chi connectivity index (χ1v) is 12.9. The third-order valence-electron chi connectivity index (χ3n) is 3.65. The van der Waals surface area contributed by atoms with Crippen LogP contribution < -0.4 is 27.8 Å². The number of rotatable bonds is 15. The van der Waals surface area contributed by atoms with Gasteiger partial charge in [-0.2, -0.15) is 12.6 Å². The third kappa shape index (κ3) is 20.7. The SMILES string of the molecule is NCCCC(=O)SSC(=O)CCCN.N[C@@H](CCC(=O)N[C@@H](CS)C(=O)NCC(=O)O)C(=O)O. The lowest BCUT2D eigenvalue weighted by atomic mass is 10.1. The quantitative estimate of drug-likeness (QED) is 0.0884. The lowest BCUT2D eigenvalue weighted by Crippen LogP contribution is -2.49. The Hall–Kier alpha value is -1.85. The molecule has 0 saturated heterocycles. The molecule has 0 rings (SSSR count). The molecule has 0 aliphatic heterocycles. The molecule has 196 valence electrons. The van der Waals surface area contributed by atoms with Crippen molar-refractivity contribution in [3.8, 4) is 0 Å². The van der Waals surface area contributed by atoms with Crippen LogP contribution in [0.2, 0.25) is 0 Å². The fourth-order valence-corrected chi connectivity index (χ4v) is 3.78. The maximum absolute atomic E-state index is 11.5. The second kappa shape index (κ2) is 21.7. The number of nitrogens with two attached hydrogens (primary N) is 3. The van der Waals surface area contributed by atoms with Gasteiger partial charge >= 0.3 is 11.9 Å². The number of hydrogen-bond acceptors (Lipinski definition) is 12. The number of hydrogen-bond donors (Lipinski definition) is 8. The van der Waals surface area contributed by atoms with Crippen LogP contribution in [0.25, 0.3) is 0 Å². The summed E-state index contributed by atoms with van der Waals surface area (Å²) < 4.78 is 0. The Kier molecular flexibility index (Phi) is 21.9. The van der Waals surface area contributed by atoms with E-state index in [4.69, 9.17) is 27.4 Å². The van der Waals surface area contributed by atoms with E-state index in [1.807, 2.05) is 0 Å². The summed E-state index contributed by atoms with van der Waals surface area (Å²) in [6.07, 6.45) is 2.02. The van der Waals surface area contributed by atoms with E-state index in [1.165, 1.54) is 0 Å². The van der Waals surface area contributed by atoms with Crippen molar-refractivity contribution < 1.29 is 39.0 Å². The molecule has 0 bridgehead atoms. The Morgan fingerprint density at radius 3 is 1.76 bits per heavy atom. The topological polar surface area (TPSA) is 245 Å². The van der Waals surface area contributed by atoms with Crippen LogP contribution in [0.15, 0.2) is 0 Å². The lowest BCUT2D eigenvalue weighted by molar-refractivity contribution is -0.139. The Labute approximate surface area is 210 Å². The van der Waals surface area contributed by atoms with Crippen molar-refractivity contribution in [3.63, 3.8) is 0 Å². The Bertz CT molecular complexity index is 664. The molecule has 10 N–H and O–H groups in total. The first-order valence-electron chi connectivity index (χ1n) is 10.2. The maximum atomic E-state index is 11.5. The second-order valence-electron chi connectivity index (χ2n) is 6.59. The number of amides is 2. The summed E-state index contributed by atoms with van der Waals surface area (Å²) >= 11 is 3.87. The smallest absolute Gasteiger partial charge is 0.322 e. The van der Waals surface area contributed by atoms with E-state index in [0.29, 0.717) is 38.8 Å². The van der Waals surface area contributed by atoms with Crippen molar-refractivity contribution in [2.24, 2.45) is 17.2 Å². The predicted molar refractivity (Wildman–Crippen MR) is 133 cm³/mol. The number of carboxylic acid groups (broad SMARTS) is 2. The summed E-state index contributed by atoms with van der Waals surface area (Å²) in [5, 5.41) is 21.4. The van der Waals surface area contributed by atoms with Crippen LogP contribution in [0.5, 0.6) is 0 Å². The van der Waals surface area contributed by atoms with E-state index in [0.717, 1.165) is 21.6 Å². The molecule has 16 heteroatoms. The monoisotopic (exact) mass is 543 g/mol. The number of thiol groups is 1. The lowest BCUT2D eigenvalue weighted by Gasteiger charge is -2.16. The zero-order valence-electron chi connectivity index (χ0n) is 18.6. The highest BCUT2D eigenvalue weighted by Crippen LogP contribution is 2.26. The van der Waals surface area contributed by atoms with Gasteiger partial charge in [-0.3, -0.25) is 28.8 Å². The second-order valence-corrected chi connectivity index (χ2v) is 9.20. The Morgan fingerprint density at radius 1 is 0.882 bits per heavy atom. The summed E-state index contributed by atoms with van der Waals surface area (Å²) in [5.41, 5.74) is 15.7. The molecule has 0 aliphatic rings. The van der Waals surface area contributed by atoms with E-state index in [1.54, 1.807) is 0 Å². The maximum Gasteiger partial charge on any atom is 0.322 e. The summed E-state index contributed by atoms with van der Waals surface area (Å²) in [5.74, 6) is -3.70. The molecule has 0 spiro atoms. The molecule has 0 aromatic heterocycles. The van der Waals surface area contributed by atoms with E-state index in [2.05, 4.69) is 23.3 Å². The largest absolute Gasteiger partial charge is 0.480 e. The minimum Gasteiger partial charge on any atom is -0.480 e. The number of carbonyl (C=O) groups is 6. The summed E-state index contributed by atoms with van der Waals surface area (Å²) in [7, 11) is 2.01. The molecular weight excluding hydrogens is 510 g/mol. The van der Waals surface area contributed by atoms with Gasteiger partial charge in [-0.25, -0.2) is 0 Å². The first kappa shape index (κ1) is 34.3. The van der Waals surface area contributed by atoms with Crippen molar-refractivity contribution in [1.82, 2.24) is 10.6 Å². The molecule has 13 nitrogen and oxygen atoms in total. The van der Waals surface area contributed by atoms with Crippen LogP contribution in [-0.2, 0) is 28.8 Å². The normalized spacial score (nSPS) is 11.9. The van der Waals surface area contributed by atoms with Crippen molar-refractivity contribution >= 4 is 68.2 Å². The fourth-order valence-electron chi connectivity index (χ4n) is 1.83. The van der Waals surface area contributed by atoms with E-state index in [9.17, 15) is 28.8 Å². The van der Waals surface area contributed by atoms with E-state index < -0.39 is 42.4 Å². The van der Waals surface area contributed by atoms with Gasteiger partial charge in [0.25, 0.3) is 0 Å². The van der Waals surface area contributed by atoms with Gasteiger partial charge in [0.2, 0.25) is 11.8 Å². The molecular formula is C18H33N5O8S3. The van der Waals surface area contributed by atoms with Crippen LogP contribution in [0.3, 0.4) is 0 Å². The number of carboxylic acids is 2. The fraction of sp³-hybridized carbons (Fsp3) is 0.667. The van der Waals surface area contributed by atoms with Crippen LogP contribution in [0.4, 0.5) is 0 Å². The molecule has 0 saturated carbocycles. The molecule has 0 unspecified atom stereocenters. The van der Waals surface area contributed by atoms with Crippen molar-refractivity contribution in [2.75, 3.05) is 25.4 Å². The van der Waals surface area contributed by atoms with Crippen LogP contribution in [-0.4, -0.2) is 81.7 Å². The van der Waals surface area contributed by atoms with E-state index in [-0.39, 0.29) is 28.8 Å². The molecule has 0 aliphatic carbocycles. The van der Waals surface area contributed by atoms with E-state index >= 15 is 0 Å². The van der Waals surface area contributed by atoms with Gasteiger partial charge in [0.05, 0.1) is 0 Å². The van der Waals surface area contributed by atoms with Crippen LogP contribution in [0, 0.1) is 0 Å². The number of aliphatic carboxylic acids is 2. The average Bonchev–Trinajstić information content (AvgIpc) is 2.80. The van der Waals surface area contributed by atoms with Gasteiger partial charge in [0.15, 0.2) is 10.2 Å². The zero-order chi connectivity index (χ0) is 26.5. The van der Waals surface area contributed by atoms with Crippen molar-refractivity contribution in [1.29, 1.82) is 0 Å². The first-order chi connectivity index (χ1) is 16.0. The van der Waals surface area contributed by atoms with Gasteiger partial charge < -0.3 is 38.0 Å². The molecule has 0 fully saturated rings. The minimum absolute atomic E-state index is 0.0153. The molecule has 0 aromatic rings. The highest BCUT2D eigenvalue weighted by molar-refractivity contribution is 8.87. The van der Waals surface area contributed by atoms with Crippen LogP contribution >= 0.6 is 34.2 Å². The minimum atomic E-state index is -1.22.